The van der Waals surface area contributed by atoms with Crippen LogP contribution >= 0.6 is 0 Å². The predicted octanol–water partition coefficient (Wildman–Crippen LogP) is 3.86. The summed E-state index contributed by atoms with van der Waals surface area (Å²) >= 11 is 0. The lowest BCUT2D eigenvalue weighted by Gasteiger charge is -2.43. The lowest BCUT2D eigenvalue weighted by Crippen LogP contribution is -2.50. The fourth-order valence-electron chi connectivity index (χ4n) is 4.69. The number of ether oxygens (including phenoxy) is 1. The number of tetrazole rings is 1. The van der Waals surface area contributed by atoms with E-state index in [0.29, 0.717) is 12.5 Å². The quantitative estimate of drug-likeness (QED) is 0.724. The third-order valence-electron chi connectivity index (χ3n) is 6.49. The highest BCUT2D eigenvalue weighted by atomic mass is 16.5. The minimum Gasteiger partial charge on any atom is -0.465 e. The van der Waals surface area contributed by atoms with Crippen LogP contribution in [0.5, 0.6) is 0 Å². The lowest BCUT2D eigenvalue weighted by molar-refractivity contribution is -0.142. The molecule has 164 valence electrons. The Balaban J connectivity index is 1.98. The molecular weight excluding hydrogens is 378 g/mol. The molecule has 0 atom stereocenters. The van der Waals surface area contributed by atoms with E-state index in [0.717, 1.165) is 48.3 Å². The summed E-state index contributed by atoms with van der Waals surface area (Å²) in [5.41, 5.74) is 3.03. The molecule has 1 aliphatic rings. The topological polar surface area (TPSA) is 81.9 Å². The van der Waals surface area contributed by atoms with Crippen LogP contribution in [0, 0.1) is 25.2 Å². The normalized spacial score (nSPS) is 22.1. The van der Waals surface area contributed by atoms with Gasteiger partial charge in [0.05, 0.1) is 24.4 Å². The molecule has 0 saturated heterocycles. The molecule has 2 aromatic rings. The Morgan fingerprint density at radius 1 is 1.23 bits per heavy atom. The molecule has 0 aliphatic heterocycles. The minimum absolute atomic E-state index is 0.146. The van der Waals surface area contributed by atoms with E-state index in [-0.39, 0.29) is 17.9 Å². The van der Waals surface area contributed by atoms with Gasteiger partial charge in [-0.3, -0.25) is 10.1 Å². The van der Waals surface area contributed by atoms with Crippen molar-refractivity contribution >= 4 is 5.97 Å². The number of nitrogens with one attached hydrogen (secondary N) is 1. The van der Waals surface area contributed by atoms with E-state index in [9.17, 15) is 4.79 Å². The van der Waals surface area contributed by atoms with Crippen molar-refractivity contribution in [2.75, 3.05) is 13.2 Å². The highest BCUT2D eigenvalue weighted by molar-refractivity contribution is 5.71. The van der Waals surface area contributed by atoms with E-state index in [1.165, 1.54) is 0 Å². The molecule has 0 radical (unpaired) electrons. The zero-order valence-corrected chi connectivity index (χ0v) is 19.2. The minimum atomic E-state index is -0.466. The van der Waals surface area contributed by atoms with Gasteiger partial charge in [0.2, 0.25) is 0 Å². The highest BCUT2D eigenvalue weighted by Gasteiger charge is 2.44. The van der Waals surface area contributed by atoms with Crippen LogP contribution in [0.15, 0.2) is 18.2 Å². The van der Waals surface area contributed by atoms with Crippen molar-refractivity contribution in [2.24, 2.45) is 11.3 Å². The maximum absolute atomic E-state index is 12.1. The zero-order valence-electron chi connectivity index (χ0n) is 19.2. The molecule has 30 heavy (non-hydrogen) atoms. The number of aryl methyl sites for hydroxylation is 2. The average Bonchev–Trinajstić information content (AvgIpc) is 3.16. The second kappa shape index (κ2) is 8.84. The first-order chi connectivity index (χ1) is 14.2. The van der Waals surface area contributed by atoms with Gasteiger partial charge >= 0.3 is 5.97 Å². The number of hydrogen-bond donors (Lipinski definition) is 1. The molecule has 1 aromatic heterocycles. The molecule has 0 spiro atoms. The Labute approximate surface area is 179 Å². The van der Waals surface area contributed by atoms with Crippen LogP contribution in [0.3, 0.4) is 0 Å². The van der Waals surface area contributed by atoms with Crippen molar-refractivity contribution < 1.29 is 9.53 Å². The van der Waals surface area contributed by atoms with Gasteiger partial charge in [0.1, 0.15) is 0 Å². The number of para-hydroxylation sites is 1. The monoisotopic (exact) mass is 413 g/mol. The van der Waals surface area contributed by atoms with E-state index in [4.69, 9.17) is 4.74 Å². The van der Waals surface area contributed by atoms with E-state index in [1.807, 2.05) is 17.7 Å². The highest BCUT2D eigenvalue weighted by Crippen LogP contribution is 2.45. The third kappa shape index (κ3) is 4.56. The number of benzene rings is 1. The Morgan fingerprint density at radius 2 is 1.87 bits per heavy atom. The number of aromatic nitrogens is 4. The lowest BCUT2D eigenvalue weighted by atomic mass is 9.67. The standard InChI is InChI=1S/C23H35N5O2/c1-7-30-19(29)15-24-23(13-11-18(12-14-23)22(4,5)6)21-25-26-27-28(21)20-16(2)9-8-10-17(20)3/h8-10,18,24H,7,11-15H2,1-6H3. The summed E-state index contributed by atoms with van der Waals surface area (Å²) in [6.45, 7) is 13.4. The van der Waals surface area contributed by atoms with Gasteiger partial charge in [0, 0.05) is 0 Å². The van der Waals surface area contributed by atoms with E-state index in [2.05, 4.69) is 67.6 Å². The first-order valence-electron chi connectivity index (χ1n) is 10.9. The van der Waals surface area contributed by atoms with Gasteiger partial charge in [0.25, 0.3) is 0 Å². The number of esters is 1. The molecule has 1 saturated carbocycles. The summed E-state index contributed by atoms with van der Waals surface area (Å²) in [4.78, 5) is 12.1. The Bertz CT molecular complexity index is 856. The van der Waals surface area contributed by atoms with Crippen molar-refractivity contribution in [1.29, 1.82) is 0 Å². The molecule has 0 unspecified atom stereocenters. The molecule has 7 nitrogen and oxygen atoms in total. The second-order valence-electron chi connectivity index (χ2n) is 9.54. The van der Waals surface area contributed by atoms with Crippen molar-refractivity contribution in [3.05, 3.63) is 35.2 Å². The number of rotatable bonds is 6. The fourth-order valence-corrected chi connectivity index (χ4v) is 4.69. The zero-order chi connectivity index (χ0) is 21.9. The Morgan fingerprint density at radius 3 is 2.43 bits per heavy atom. The van der Waals surface area contributed by atoms with Gasteiger partial charge in [-0.05, 0) is 79.3 Å². The van der Waals surface area contributed by atoms with Crippen molar-refractivity contribution in [1.82, 2.24) is 25.5 Å². The maximum Gasteiger partial charge on any atom is 0.319 e. The van der Waals surface area contributed by atoms with E-state index < -0.39 is 5.54 Å². The summed E-state index contributed by atoms with van der Waals surface area (Å²) in [6, 6.07) is 6.19. The number of carbonyl (C=O) groups is 1. The van der Waals surface area contributed by atoms with Crippen LogP contribution < -0.4 is 5.32 Å². The van der Waals surface area contributed by atoms with E-state index >= 15 is 0 Å². The summed E-state index contributed by atoms with van der Waals surface area (Å²) in [5, 5.41) is 16.4. The molecular formula is C23H35N5O2. The van der Waals surface area contributed by atoms with Crippen molar-refractivity contribution in [3.8, 4) is 5.69 Å². The average molecular weight is 414 g/mol. The fraction of sp³-hybridized carbons (Fsp3) is 0.652. The maximum atomic E-state index is 12.1. The van der Waals surface area contributed by atoms with Crippen LogP contribution in [0.25, 0.3) is 5.69 Å². The Kier molecular flexibility index (Phi) is 6.60. The van der Waals surface area contributed by atoms with Gasteiger partial charge in [0.15, 0.2) is 5.82 Å². The molecule has 3 rings (SSSR count). The number of carbonyl (C=O) groups excluding carboxylic acids is 1. The molecule has 1 aromatic carbocycles. The van der Waals surface area contributed by atoms with Crippen LogP contribution in [0.2, 0.25) is 0 Å². The van der Waals surface area contributed by atoms with Gasteiger partial charge < -0.3 is 4.74 Å². The van der Waals surface area contributed by atoms with Crippen molar-refractivity contribution in [3.63, 3.8) is 0 Å². The summed E-state index contributed by atoms with van der Waals surface area (Å²) in [5.74, 6) is 1.15. The third-order valence-corrected chi connectivity index (χ3v) is 6.49. The molecule has 0 bridgehead atoms. The van der Waals surface area contributed by atoms with Crippen LogP contribution in [0.4, 0.5) is 0 Å². The largest absolute Gasteiger partial charge is 0.465 e. The molecule has 1 fully saturated rings. The van der Waals surface area contributed by atoms with E-state index in [1.54, 1.807) is 0 Å². The first kappa shape index (κ1) is 22.4. The SMILES string of the molecule is CCOC(=O)CNC1(c2nnnn2-c2c(C)cccc2C)CCC(C(C)(C)C)CC1. The molecule has 1 N–H and O–H groups in total. The molecule has 0 amide bonds. The van der Waals surface area contributed by atoms with Gasteiger partial charge in [-0.15, -0.1) is 5.10 Å². The Hall–Kier alpha value is -2.28. The first-order valence-corrected chi connectivity index (χ1v) is 10.9. The predicted molar refractivity (Wildman–Crippen MR) is 116 cm³/mol. The smallest absolute Gasteiger partial charge is 0.319 e. The summed E-state index contributed by atoms with van der Waals surface area (Å²) in [7, 11) is 0. The number of hydrogen-bond acceptors (Lipinski definition) is 6. The molecule has 1 heterocycles. The molecule has 7 heteroatoms. The van der Waals surface area contributed by atoms with Gasteiger partial charge in [-0.2, -0.15) is 4.68 Å². The van der Waals surface area contributed by atoms with Crippen LogP contribution in [-0.4, -0.2) is 39.3 Å². The van der Waals surface area contributed by atoms with Crippen LogP contribution in [0.1, 0.15) is 70.3 Å². The van der Waals surface area contributed by atoms with Gasteiger partial charge in [-0.1, -0.05) is 39.0 Å². The summed E-state index contributed by atoms with van der Waals surface area (Å²) in [6.07, 6.45) is 3.86. The van der Waals surface area contributed by atoms with Crippen LogP contribution in [-0.2, 0) is 15.1 Å². The number of nitrogens with zero attached hydrogens (tertiary/aromatic N) is 4. The molecule has 1 aliphatic carbocycles. The van der Waals surface area contributed by atoms with Gasteiger partial charge in [-0.25, -0.2) is 0 Å². The van der Waals surface area contributed by atoms with Crippen molar-refractivity contribution in [2.45, 2.75) is 72.8 Å². The summed E-state index contributed by atoms with van der Waals surface area (Å²) < 4.78 is 7.03. The second-order valence-corrected chi connectivity index (χ2v) is 9.54.